The summed E-state index contributed by atoms with van der Waals surface area (Å²) in [6, 6.07) is 3.29. The minimum absolute atomic E-state index is 0.172. The Morgan fingerprint density at radius 2 is 2.09 bits per heavy atom. The smallest absolute Gasteiger partial charge is 0.309 e. The molecule has 0 saturated carbocycles. The van der Waals surface area contributed by atoms with E-state index in [0.717, 1.165) is 0 Å². The van der Waals surface area contributed by atoms with E-state index in [1.807, 2.05) is 0 Å². The first kappa shape index (κ1) is 14.3. The number of aromatic nitrogens is 1. The lowest BCUT2D eigenvalue weighted by atomic mass is 10.0. The second-order valence-corrected chi connectivity index (χ2v) is 5.18. The number of pyridine rings is 1. The van der Waals surface area contributed by atoms with Gasteiger partial charge < -0.3 is 4.90 Å². The van der Waals surface area contributed by atoms with Gasteiger partial charge >= 0.3 is 6.03 Å². The lowest BCUT2D eigenvalue weighted by molar-refractivity contribution is -0.126. The average Bonchev–Trinajstić information content (AvgIpc) is 2.78. The molecule has 3 rings (SSSR count). The molecule has 1 aromatic rings. The highest BCUT2D eigenvalue weighted by molar-refractivity contribution is 5.95. The van der Waals surface area contributed by atoms with Gasteiger partial charge in [-0.3, -0.25) is 30.6 Å². The standard InChI is InChI=1S/C13H15N5O4/c19-11(9-3-1-2-6-14-9)15-16-12(20)10-5-4-8-7-17(10)13(21)18(8)22/h1-3,6,8,10,22H,4-5,7H2,(H,15,19)(H,16,20)/t8-,10+/m1/s1. The second-order valence-electron chi connectivity index (χ2n) is 5.18. The van der Waals surface area contributed by atoms with Crippen LogP contribution in [0.25, 0.3) is 0 Å². The van der Waals surface area contributed by atoms with Crippen LogP contribution in [-0.2, 0) is 4.79 Å². The summed E-state index contributed by atoms with van der Waals surface area (Å²) in [4.78, 5) is 40.9. The minimum Gasteiger partial charge on any atom is -0.309 e. The van der Waals surface area contributed by atoms with Gasteiger partial charge in [0.1, 0.15) is 11.7 Å². The van der Waals surface area contributed by atoms with Crippen molar-refractivity contribution in [2.75, 3.05) is 6.54 Å². The monoisotopic (exact) mass is 305 g/mol. The number of hydrogen-bond acceptors (Lipinski definition) is 5. The van der Waals surface area contributed by atoms with E-state index in [1.54, 1.807) is 12.1 Å². The molecule has 9 nitrogen and oxygen atoms in total. The Labute approximate surface area is 125 Å². The number of carbonyl (C=O) groups is 3. The quantitative estimate of drug-likeness (QED) is 0.503. The highest BCUT2D eigenvalue weighted by Crippen LogP contribution is 2.28. The molecule has 116 valence electrons. The number of amides is 4. The SMILES string of the molecule is O=C(NNC(=O)[C@@H]1CC[C@@H]2CN1C(=O)N2O)c1ccccn1. The van der Waals surface area contributed by atoms with Crippen LogP contribution >= 0.6 is 0 Å². The Balaban J connectivity index is 1.59. The Morgan fingerprint density at radius 1 is 1.27 bits per heavy atom. The number of nitrogens with one attached hydrogen (secondary N) is 2. The second kappa shape index (κ2) is 5.60. The first-order chi connectivity index (χ1) is 10.6. The van der Waals surface area contributed by atoms with Gasteiger partial charge in [-0.25, -0.2) is 9.86 Å². The Bertz CT molecular complexity index is 608. The summed E-state index contributed by atoms with van der Waals surface area (Å²) in [7, 11) is 0. The number of nitrogens with zero attached hydrogens (tertiary/aromatic N) is 3. The van der Waals surface area contributed by atoms with Crippen LogP contribution in [0.15, 0.2) is 24.4 Å². The molecule has 1 aromatic heterocycles. The van der Waals surface area contributed by atoms with Gasteiger partial charge in [0.25, 0.3) is 11.8 Å². The lowest BCUT2D eigenvalue weighted by Crippen LogP contribution is -2.54. The van der Waals surface area contributed by atoms with Crippen LogP contribution in [0, 0.1) is 0 Å². The van der Waals surface area contributed by atoms with Gasteiger partial charge in [0, 0.05) is 12.7 Å². The molecule has 22 heavy (non-hydrogen) atoms. The number of urea groups is 1. The maximum atomic E-state index is 12.1. The number of fused-ring (bicyclic) bond motifs is 2. The molecule has 2 atom stereocenters. The summed E-state index contributed by atoms with van der Waals surface area (Å²) >= 11 is 0. The van der Waals surface area contributed by atoms with Crippen LogP contribution in [0.1, 0.15) is 23.3 Å². The summed E-state index contributed by atoms with van der Waals surface area (Å²) in [6.45, 7) is 0.307. The van der Waals surface area contributed by atoms with E-state index in [0.29, 0.717) is 24.4 Å². The highest BCUT2D eigenvalue weighted by Gasteiger charge is 2.46. The topological polar surface area (TPSA) is 115 Å². The maximum Gasteiger partial charge on any atom is 0.344 e. The van der Waals surface area contributed by atoms with E-state index >= 15 is 0 Å². The van der Waals surface area contributed by atoms with Crippen molar-refractivity contribution >= 4 is 17.8 Å². The van der Waals surface area contributed by atoms with Crippen molar-refractivity contribution in [3.63, 3.8) is 0 Å². The largest absolute Gasteiger partial charge is 0.344 e. The molecule has 2 saturated heterocycles. The molecule has 0 unspecified atom stereocenters. The first-order valence-corrected chi connectivity index (χ1v) is 6.88. The van der Waals surface area contributed by atoms with E-state index in [9.17, 15) is 19.6 Å². The zero-order chi connectivity index (χ0) is 15.7. The Morgan fingerprint density at radius 3 is 2.82 bits per heavy atom. The fourth-order valence-electron chi connectivity index (χ4n) is 2.69. The van der Waals surface area contributed by atoms with Crippen molar-refractivity contribution in [1.82, 2.24) is 25.8 Å². The van der Waals surface area contributed by atoms with Gasteiger partial charge in [-0.1, -0.05) is 6.07 Å². The van der Waals surface area contributed by atoms with Gasteiger partial charge in [0.05, 0.1) is 6.04 Å². The number of hydroxylamine groups is 2. The fourth-order valence-corrected chi connectivity index (χ4v) is 2.69. The van der Waals surface area contributed by atoms with Gasteiger partial charge in [0.15, 0.2) is 0 Å². The molecular formula is C13H15N5O4. The van der Waals surface area contributed by atoms with Crippen LogP contribution in [0.5, 0.6) is 0 Å². The van der Waals surface area contributed by atoms with E-state index in [2.05, 4.69) is 15.8 Å². The van der Waals surface area contributed by atoms with Gasteiger partial charge in [0.2, 0.25) is 0 Å². The maximum absolute atomic E-state index is 12.1. The third-order valence-corrected chi connectivity index (χ3v) is 3.84. The third kappa shape index (κ3) is 2.46. The number of hydrogen-bond donors (Lipinski definition) is 3. The molecule has 2 bridgehead atoms. The molecule has 0 radical (unpaired) electrons. The zero-order valence-electron chi connectivity index (χ0n) is 11.6. The fraction of sp³-hybridized carbons (Fsp3) is 0.385. The molecule has 2 fully saturated rings. The molecule has 3 heterocycles. The van der Waals surface area contributed by atoms with Gasteiger partial charge in [-0.15, -0.1) is 0 Å². The molecule has 4 amide bonds. The van der Waals surface area contributed by atoms with Crippen molar-refractivity contribution in [3.8, 4) is 0 Å². The summed E-state index contributed by atoms with van der Waals surface area (Å²) in [6.07, 6.45) is 2.43. The van der Waals surface area contributed by atoms with E-state index < -0.39 is 23.9 Å². The summed E-state index contributed by atoms with van der Waals surface area (Å²) in [5.74, 6) is -1.04. The summed E-state index contributed by atoms with van der Waals surface area (Å²) < 4.78 is 0. The third-order valence-electron chi connectivity index (χ3n) is 3.84. The molecule has 0 spiro atoms. The Kier molecular flexibility index (Phi) is 3.63. The zero-order valence-corrected chi connectivity index (χ0v) is 11.6. The molecule has 3 N–H and O–H groups in total. The molecule has 2 aliphatic rings. The highest BCUT2D eigenvalue weighted by atomic mass is 16.5. The summed E-state index contributed by atoms with van der Waals surface area (Å²) in [5.41, 5.74) is 4.73. The lowest BCUT2D eigenvalue weighted by Gasteiger charge is -2.29. The number of carbonyl (C=O) groups excluding carboxylic acids is 3. The van der Waals surface area contributed by atoms with Crippen molar-refractivity contribution < 1.29 is 19.6 Å². The first-order valence-electron chi connectivity index (χ1n) is 6.88. The van der Waals surface area contributed by atoms with Crippen LogP contribution < -0.4 is 10.9 Å². The van der Waals surface area contributed by atoms with Gasteiger partial charge in [-0.2, -0.15) is 0 Å². The number of hydrazine groups is 1. The molecule has 0 aliphatic carbocycles. The molecule has 2 aliphatic heterocycles. The molecular weight excluding hydrogens is 290 g/mol. The van der Waals surface area contributed by atoms with Gasteiger partial charge in [-0.05, 0) is 25.0 Å². The van der Waals surface area contributed by atoms with Crippen molar-refractivity contribution in [3.05, 3.63) is 30.1 Å². The Hall–Kier alpha value is -2.68. The molecule has 9 heteroatoms. The van der Waals surface area contributed by atoms with Crippen LogP contribution in [0.3, 0.4) is 0 Å². The van der Waals surface area contributed by atoms with Crippen molar-refractivity contribution in [2.45, 2.75) is 24.9 Å². The summed E-state index contributed by atoms with van der Waals surface area (Å²) in [5, 5.41) is 10.2. The predicted octanol–water partition coefficient (Wildman–Crippen LogP) is -0.500. The van der Waals surface area contributed by atoms with E-state index in [4.69, 9.17) is 0 Å². The van der Waals surface area contributed by atoms with E-state index in [-0.39, 0.29) is 11.7 Å². The van der Waals surface area contributed by atoms with Crippen LogP contribution in [-0.4, -0.2) is 56.6 Å². The van der Waals surface area contributed by atoms with Crippen molar-refractivity contribution in [1.29, 1.82) is 0 Å². The number of piperidine rings is 1. The van der Waals surface area contributed by atoms with Crippen LogP contribution in [0.4, 0.5) is 4.79 Å². The van der Waals surface area contributed by atoms with Crippen molar-refractivity contribution in [2.24, 2.45) is 0 Å². The normalized spacial score (nSPS) is 23.4. The molecule has 0 aromatic carbocycles. The average molecular weight is 305 g/mol. The van der Waals surface area contributed by atoms with Crippen LogP contribution in [0.2, 0.25) is 0 Å². The van der Waals surface area contributed by atoms with E-state index in [1.165, 1.54) is 17.2 Å². The predicted molar refractivity (Wildman–Crippen MR) is 72.4 cm³/mol. The minimum atomic E-state index is -0.704. The number of rotatable bonds is 2.